The topological polar surface area (TPSA) is 45.2 Å². The highest BCUT2D eigenvalue weighted by Crippen LogP contribution is 2.53. The van der Waals surface area contributed by atoms with Crippen molar-refractivity contribution >= 4 is 23.3 Å². The fraction of sp³-hybridized carbons (Fsp3) is 0.333. The number of halogens is 9. The minimum atomic E-state index is -6.24. The second-order valence-corrected chi connectivity index (χ2v) is 9.86. The Morgan fingerprint density at radius 2 is 1.50 bits per heavy atom. The van der Waals surface area contributed by atoms with Gasteiger partial charge in [-0.3, -0.25) is 4.79 Å². The van der Waals surface area contributed by atoms with Crippen molar-refractivity contribution in [3.8, 4) is 0 Å². The molecular weight excluding hydrogens is 570 g/mol. The van der Waals surface area contributed by atoms with Gasteiger partial charge in [-0.2, -0.15) is 26.3 Å². The first-order chi connectivity index (χ1) is 18.7. The summed E-state index contributed by atoms with van der Waals surface area (Å²) < 4.78 is 107. The van der Waals surface area contributed by atoms with Gasteiger partial charge in [-0.25, -0.2) is 13.8 Å². The Labute approximate surface area is 229 Å². The predicted molar refractivity (Wildman–Crippen MR) is 132 cm³/mol. The lowest BCUT2D eigenvalue weighted by atomic mass is 9.93. The Bertz CT molecular complexity index is 1330. The number of amides is 1. The molecule has 1 fully saturated rings. The molecule has 1 heterocycles. The minimum absolute atomic E-state index is 0.0414. The van der Waals surface area contributed by atoms with E-state index in [1.807, 2.05) is 0 Å². The SMILES string of the molecule is O=C(c1cc(Cl)cnc1NC1CC1)N(CCc1ccc(F)cc1)Cc1ccc(C(F)(C(F)(F)F)C(F)(F)F)cc1. The molecule has 214 valence electrons. The van der Waals surface area contributed by atoms with E-state index in [-0.39, 0.29) is 47.5 Å². The first kappa shape index (κ1) is 29.6. The first-order valence-electron chi connectivity index (χ1n) is 12.1. The van der Waals surface area contributed by atoms with Crippen molar-refractivity contribution in [2.75, 3.05) is 11.9 Å². The molecule has 4 rings (SSSR count). The van der Waals surface area contributed by atoms with Crippen LogP contribution in [0.15, 0.2) is 60.8 Å². The molecule has 3 aromatic rings. The van der Waals surface area contributed by atoms with Gasteiger partial charge in [0, 0.05) is 30.9 Å². The highest BCUT2D eigenvalue weighted by atomic mass is 35.5. The Morgan fingerprint density at radius 3 is 2.05 bits per heavy atom. The van der Waals surface area contributed by atoms with Crippen molar-refractivity contribution in [3.63, 3.8) is 0 Å². The van der Waals surface area contributed by atoms with Crippen LogP contribution in [0.4, 0.5) is 40.9 Å². The van der Waals surface area contributed by atoms with Gasteiger partial charge in [0.05, 0.1) is 10.6 Å². The van der Waals surface area contributed by atoms with Crippen molar-refractivity contribution in [2.45, 2.75) is 49.9 Å². The molecule has 1 aliphatic carbocycles. The number of carbonyl (C=O) groups excluding carboxylic acids is 1. The van der Waals surface area contributed by atoms with Crippen LogP contribution >= 0.6 is 11.6 Å². The minimum Gasteiger partial charge on any atom is -0.367 e. The molecule has 40 heavy (non-hydrogen) atoms. The van der Waals surface area contributed by atoms with E-state index in [9.17, 15) is 39.9 Å². The Hall–Kier alpha value is -3.41. The van der Waals surface area contributed by atoms with Gasteiger partial charge in [-0.1, -0.05) is 48.0 Å². The maximum atomic E-state index is 14.4. The summed E-state index contributed by atoms with van der Waals surface area (Å²) in [6, 6.07) is 9.65. The predicted octanol–water partition coefficient (Wildman–Crippen LogP) is 7.62. The molecule has 13 heteroatoms. The number of rotatable bonds is 9. The van der Waals surface area contributed by atoms with E-state index in [0.717, 1.165) is 25.0 Å². The number of aromatic nitrogens is 1. The lowest BCUT2D eigenvalue weighted by molar-refractivity contribution is -0.348. The number of nitrogens with zero attached hydrogens (tertiary/aromatic N) is 2. The summed E-state index contributed by atoms with van der Waals surface area (Å²) in [5, 5.41) is 3.30. The Kier molecular flexibility index (Phi) is 8.30. The molecule has 0 bridgehead atoms. The van der Waals surface area contributed by atoms with Gasteiger partial charge in [0.2, 0.25) is 0 Å². The summed E-state index contributed by atoms with van der Waals surface area (Å²) in [4.78, 5) is 19.2. The number of hydrogen-bond acceptors (Lipinski definition) is 3. The monoisotopic (exact) mass is 591 g/mol. The van der Waals surface area contributed by atoms with E-state index < -0.39 is 35.3 Å². The quantitative estimate of drug-likeness (QED) is 0.260. The molecule has 0 atom stereocenters. The molecule has 1 aromatic heterocycles. The zero-order valence-corrected chi connectivity index (χ0v) is 21.3. The third-order valence-corrected chi connectivity index (χ3v) is 6.59. The van der Waals surface area contributed by atoms with Crippen molar-refractivity contribution < 1.29 is 39.9 Å². The largest absolute Gasteiger partial charge is 0.435 e. The molecule has 1 amide bonds. The van der Waals surface area contributed by atoms with Gasteiger partial charge < -0.3 is 10.2 Å². The number of alkyl halides is 7. The summed E-state index contributed by atoms with van der Waals surface area (Å²) >= 11 is 6.08. The smallest absolute Gasteiger partial charge is 0.367 e. The van der Waals surface area contributed by atoms with Crippen molar-refractivity contribution in [3.05, 3.63) is 93.9 Å². The third kappa shape index (κ3) is 6.48. The number of hydrogen-bond donors (Lipinski definition) is 1. The van der Waals surface area contributed by atoms with Crippen LogP contribution in [-0.2, 0) is 18.6 Å². The van der Waals surface area contributed by atoms with Crippen LogP contribution in [0.1, 0.15) is 39.9 Å². The van der Waals surface area contributed by atoms with Crippen LogP contribution in [-0.4, -0.2) is 40.7 Å². The van der Waals surface area contributed by atoms with E-state index in [2.05, 4.69) is 10.3 Å². The summed E-state index contributed by atoms with van der Waals surface area (Å²) in [5.74, 6) is -0.745. The van der Waals surface area contributed by atoms with Crippen LogP contribution < -0.4 is 5.32 Å². The Balaban J connectivity index is 1.63. The van der Waals surface area contributed by atoms with Gasteiger partial charge in [0.1, 0.15) is 11.6 Å². The van der Waals surface area contributed by atoms with Crippen LogP contribution in [0.5, 0.6) is 0 Å². The summed E-state index contributed by atoms with van der Waals surface area (Å²) in [5.41, 5.74) is -6.25. The fourth-order valence-corrected chi connectivity index (χ4v) is 4.18. The normalized spacial score (nSPS) is 14.2. The highest BCUT2D eigenvalue weighted by molar-refractivity contribution is 6.31. The van der Waals surface area contributed by atoms with E-state index >= 15 is 0 Å². The molecule has 1 saturated carbocycles. The molecule has 0 unspecified atom stereocenters. The van der Waals surface area contributed by atoms with Gasteiger partial charge >= 0.3 is 18.0 Å². The maximum absolute atomic E-state index is 14.4. The standard InChI is InChI=1S/C27H22ClF8N3O/c28-19-13-22(23(37-14-19)38-21-9-10-21)24(40)39(12-11-16-3-7-20(29)8-4-16)15-17-1-5-18(6-2-17)25(30,26(31,32)33)27(34,35)36/h1-8,13-14,21H,9-12,15H2,(H,37,38). The number of nitrogens with one attached hydrogen (secondary N) is 1. The van der Waals surface area contributed by atoms with Gasteiger partial charge in [0.15, 0.2) is 0 Å². The van der Waals surface area contributed by atoms with Gasteiger partial charge in [-0.05, 0) is 48.6 Å². The molecule has 0 radical (unpaired) electrons. The van der Waals surface area contributed by atoms with E-state index in [0.29, 0.717) is 17.7 Å². The average molecular weight is 592 g/mol. The third-order valence-electron chi connectivity index (χ3n) is 6.38. The number of benzene rings is 2. The maximum Gasteiger partial charge on any atom is 0.435 e. The number of anilines is 1. The fourth-order valence-electron chi connectivity index (χ4n) is 4.02. The second-order valence-electron chi connectivity index (χ2n) is 9.42. The summed E-state index contributed by atoms with van der Waals surface area (Å²) in [6.07, 6.45) is -9.12. The van der Waals surface area contributed by atoms with E-state index in [4.69, 9.17) is 11.6 Å². The molecule has 0 aliphatic heterocycles. The van der Waals surface area contributed by atoms with Crippen molar-refractivity contribution in [1.29, 1.82) is 0 Å². The van der Waals surface area contributed by atoms with Gasteiger partial charge in [-0.15, -0.1) is 0 Å². The van der Waals surface area contributed by atoms with Gasteiger partial charge in [0.25, 0.3) is 5.91 Å². The lowest BCUT2D eigenvalue weighted by Gasteiger charge is -2.30. The average Bonchev–Trinajstić information content (AvgIpc) is 3.71. The van der Waals surface area contributed by atoms with Crippen LogP contribution in [0.3, 0.4) is 0 Å². The molecule has 2 aromatic carbocycles. The van der Waals surface area contributed by atoms with Crippen LogP contribution in [0.2, 0.25) is 5.02 Å². The van der Waals surface area contributed by atoms with Crippen LogP contribution in [0, 0.1) is 5.82 Å². The second kappa shape index (κ2) is 11.2. The number of carbonyl (C=O) groups is 1. The van der Waals surface area contributed by atoms with Crippen LogP contribution in [0.25, 0.3) is 0 Å². The van der Waals surface area contributed by atoms with Crippen molar-refractivity contribution in [2.24, 2.45) is 0 Å². The molecular formula is C27H22ClF8N3O. The molecule has 1 aliphatic rings. The van der Waals surface area contributed by atoms with Crippen molar-refractivity contribution in [1.82, 2.24) is 9.88 Å². The molecule has 4 nitrogen and oxygen atoms in total. The molecule has 1 N–H and O–H groups in total. The first-order valence-corrected chi connectivity index (χ1v) is 12.4. The zero-order chi connectivity index (χ0) is 29.3. The lowest BCUT2D eigenvalue weighted by Crippen LogP contribution is -2.50. The Morgan fingerprint density at radius 1 is 0.925 bits per heavy atom. The summed E-state index contributed by atoms with van der Waals surface area (Å²) in [6.45, 7) is -0.202. The summed E-state index contributed by atoms with van der Waals surface area (Å²) in [7, 11) is 0. The van der Waals surface area contributed by atoms with E-state index in [1.165, 1.54) is 41.4 Å². The molecule has 0 saturated heterocycles. The van der Waals surface area contributed by atoms with E-state index in [1.54, 1.807) is 0 Å². The molecule has 0 spiro atoms. The number of pyridine rings is 1. The highest BCUT2D eigenvalue weighted by Gasteiger charge is 2.73. The zero-order valence-electron chi connectivity index (χ0n) is 20.6.